The Morgan fingerprint density at radius 1 is 1.17 bits per heavy atom. The number of imidazole rings is 1. The molecule has 4 heterocycles. The van der Waals surface area contributed by atoms with Crippen molar-refractivity contribution in [1.82, 2.24) is 19.2 Å². The predicted octanol–water partition coefficient (Wildman–Crippen LogP) is 3.89. The lowest BCUT2D eigenvalue weighted by molar-refractivity contribution is -0.136. The van der Waals surface area contributed by atoms with Gasteiger partial charge >= 0.3 is 6.18 Å². The van der Waals surface area contributed by atoms with Crippen LogP contribution in [0.5, 0.6) is 0 Å². The number of hydrogen-bond donors (Lipinski definition) is 0. The fourth-order valence-electron chi connectivity index (χ4n) is 4.01. The Morgan fingerprint density at radius 2 is 1.86 bits per heavy atom. The first kappa shape index (κ1) is 20.3. The van der Waals surface area contributed by atoms with E-state index in [0.29, 0.717) is 32.4 Å². The van der Waals surface area contributed by atoms with Gasteiger partial charge in [-0.1, -0.05) is 23.2 Å². The number of nitrogens with zero attached hydrogens (tertiary/aromatic N) is 4. The molecule has 11 heteroatoms. The molecule has 2 aromatic heterocycles. The van der Waals surface area contributed by atoms with Crippen LogP contribution in [0.25, 0.3) is 5.65 Å². The highest BCUT2D eigenvalue weighted by Gasteiger charge is 2.37. The van der Waals surface area contributed by atoms with Crippen LogP contribution in [0.4, 0.5) is 13.2 Å². The largest absolute Gasteiger partial charge is 0.420 e. The summed E-state index contributed by atoms with van der Waals surface area (Å²) in [5.41, 5.74) is -1.76. The van der Waals surface area contributed by atoms with Crippen LogP contribution in [0, 0.1) is 0 Å². The van der Waals surface area contributed by atoms with Gasteiger partial charge in [0.15, 0.2) is 11.3 Å². The molecule has 2 aliphatic heterocycles. The molecular formula is C18H17Cl2F3N4O2. The minimum Gasteiger partial charge on any atom is -0.340 e. The molecule has 0 aromatic carbocycles. The van der Waals surface area contributed by atoms with Crippen LogP contribution in [0.1, 0.15) is 41.7 Å². The number of aromatic nitrogens is 2. The fourth-order valence-corrected chi connectivity index (χ4v) is 4.47. The molecule has 2 saturated heterocycles. The second kappa shape index (κ2) is 7.36. The van der Waals surface area contributed by atoms with E-state index in [2.05, 4.69) is 4.98 Å². The van der Waals surface area contributed by atoms with Crippen LogP contribution in [0.3, 0.4) is 0 Å². The van der Waals surface area contributed by atoms with Crippen LogP contribution < -0.4 is 0 Å². The SMILES string of the molecule is O=C(c1nc2c(C(F)(F)F)cc(Cl)cn2c1Cl)N1CCC(N2CCCC2=O)CC1. The number of likely N-dealkylation sites (tertiary alicyclic amines) is 2. The number of rotatable bonds is 2. The summed E-state index contributed by atoms with van der Waals surface area (Å²) < 4.78 is 41.0. The lowest BCUT2D eigenvalue weighted by Crippen LogP contribution is -2.47. The van der Waals surface area contributed by atoms with Gasteiger partial charge in [0.1, 0.15) is 10.7 Å². The number of piperidine rings is 1. The van der Waals surface area contributed by atoms with Crippen LogP contribution in [0.15, 0.2) is 12.3 Å². The lowest BCUT2D eigenvalue weighted by Gasteiger charge is -2.36. The summed E-state index contributed by atoms with van der Waals surface area (Å²) in [5, 5.41) is -0.380. The molecule has 0 saturated carbocycles. The number of hydrogen-bond acceptors (Lipinski definition) is 3. The van der Waals surface area contributed by atoms with Crippen molar-refractivity contribution in [2.75, 3.05) is 19.6 Å². The van der Waals surface area contributed by atoms with E-state index in [9.17, 15) is 22.8 Å². The zero-order valence-corrected chi connectivity index (χ0v) is 16.7. The molecule has 2 amide bonds. The maximum absolute atomic E-state index is 13.3. The summed E-state index contributed by atoms with van der Waals surface area (Å²) in [5.74, 6) is -0.399. The Hall–Kier alpha value is -2.00. The van der Waals surface area contributed by atoms with E-state index in [0.717, 1.165) is 23.4 Å². The summed E-state index contributed by atoms with van der Waals surface area (Å²) in [6.07, 6.45) is -0.867. The minimum absolute atomic E-state index is 0.0845. The van der Waals surface area contributed by atoms with Gasteiger partial charge in [0, 0.05) is 38.3 Å². The second-order valence-electron chi connectivity index (χ2n) is 7.23. The quantitative estimate of drug-likeness (QED) is 0.700. The van der Waals surface area contributed by atoms with Crippen molar-refractivity contribution >= 4 is 40.7 Å². The summed E-state index contributed by atoms with van der Waals surface area (Å²) in [6.45, 7) is 1.49. The fraction of sp³-hybridized carbons (Fsp3) is 0.500. The molecular weight excluding hydrogens is 432 g/mol. The van der Waals surface area contributed by atoms with Crippen molar-refractivity contribution in [3.05, 3.63) is 33.7 Å². The molecule has 0 bridgehead atoms. The van der Waals surface area contributed by atoms with Gasteiger partial charge in [0.25, 0.3) is 5.91 Å². The third kappa shape index (κ3) is 3.66. The predicted molar refractivity (Wildman–Crippen MR) is 100 cm³/mol. The molecule has 0 unspecified atom stereocenters. The van der Waals surface area contributed by atoms with Gasteiger partial charge in [-0.25, -0.2) is 4.98 Å². The number of carbonyl (C=O) groups excluding carboxylic acids is 2. The average molecular weight is 449 g/mol. The first-order valence-electron chi connectivity index (χ1n) is 9.20. The number of alkyl halides is 3. The number of amides is 2. The van der Waals surface area contributed by atoms with Crippen molar-refractivity contribution in [2.45, 2.75) is 37.9 Å². The molecule has 0 N–H and O–H groups in total. The van der Waals surface area contributed by atoms with E-state index >= 15 is 0 Å². The van der Waals surface area contributed by atoms with Crippen molar-refractivity contribution in [3.8, 4) is 0 Å². The maximum atomic E-state index is 13.3. The van der Waals surface area contributed by atoms with Crippen molar-refractivity contribution in [3.63, 3.8) is 0 Å². The van der Waals surface area contributed by atoms with E-state index in [4.69, 9.17) is 23.2 Å². The van der Waals surface area contributed by atoms with Gasteiger partial charge in [-0.3, -0.25) is 14.0 Å². The maximum Gasteiger partial charge on any atom is 0.420 e. The molecule has 6 nitrogen and oxygen atoms in total. The second-order valence-corrected chi connectivity index (χ2v) is 8.02. The molecule has 0 radical (unpaired) electrons. The highest BCUT2D eigenvalue weighted by atomic mass is 35.5. The topological polar surface area (TPSA) is 57.9 Å². The van der Waals surface area contributed by atoms with Gasteiger partial charge in [-0.05, 0) is 25.3 Å². The van der Waals surface area contributed by atoms with E-state index in [-0.39, 0.29) is 27.8 Å². The normalized spacial score (nSPS) is 18.9. The molecule has 0 aliphatic carbocycles. The van der Waals surface area contributed by atoms with Crippen LogP contribution in [-0.4, -0.2) is 56.7 Å². The Labute approximate surface area is 174 Å². The van der Waals surface area contributed by atoms with Crippen molar-refractivity contribution in [2.24, 2.45) is 0 Å². The minimum atomic E-state index is -4.69. The number of fused-ring (bicyclic) bond motifs is 1. The standard InChI is InChI=1S/C18H17Cl2F3N4O2/c19-10-8-12(18(21,22)23)16-24-14(15(20)27(16)9-10)17(29)25-6-3-11(4-7-25)26-5-1-2-13(26)28/h8-9,11H,1-7H2. The Morgan fingerprint density at radius 3 is 2.45 bits per heavy atom. The molecule has 2 fully saturated rings. The first-order valence-corrected chi connectivity index (χ1v) is 9.95. The number of pyridine rings is 1. The number of halogens is 5. The van der Waals surface area contributed by atoms with Gasteiger partial charge in [0.05, 0.1) is 5.02 Å². The van der Waals surface area contributed by atoms with Crippen LogP contribution in [0.2, 0.25) is 10.2 Å². The van der Waals surface area contributed by atoms with Crippen molar-refractivity contribution in [1.29, 1.82) is 0 Å². The Kier molecular flexibility index (Phi) is 5.14. The lowest BCUT2D eigenvalue weighted by atomic mass is 10.0. The van der Waals surface area contributed by atoms with E-state index in [1.54, 1.807) is 0 Å². The highest BCUT2D eigenvalue weighted by molar-refractivity contribution is 6.33. The molecule has 4 rings (SSSR count). The third-order valence-corrected chi connectivity index (χ3v) is 6.01. The molecule has 2 aromatic rings. The zero-order valence-electron chi connectivity index (χ0n) is 15.2. The zero-order chi connectivity index (χ0) is 20.9. The van der Waals surface area contributed by atoms with Crippen LogP contribution in [-0.2, 0) is 11.0 Å². The monoisotopic (exact) mass is 448 g/mol. The Bertz CT molecular complexity index is 984. The van der Waals surface area contributed by atoms with Gasteiger partial charge in [-0.2, -0.15) is 13.2 Å². The summed E-state index contributed by atoms with van der Waals surface area (Å²) >= 11 is 12.0. The molecule has 2 aliphatic rings. The molecule has 0 atom stereocenters. The van der Waals surface area contributed by atoms with Crippen molar-refractivity contribution < 1.29 is 22.8 Å². The van der Waals surface area contributed by atoms with Gasteiger partial charge in [-0.15, -0.1) is 0 Å². The molecule has 0 spiro atoms. The van der Waals surface area contributed by atoms with E-state index in [1.165, 1.54) is 11.1 Å². The smallest absolute Gasteiger partial charge is 0.340 e. The summed E-state index contributed by atoms with van der Waals surface area (Å²) in [7, 11) is 0. The summed E-state index contributed by atoms with van der Waals surface area (Å²) in [4.78, 5) is 32.1. The third-order valence-electron chi connectivity index (χ3n) is 5.44. The summed E-state index contributed by atoms with van der Waals surface area (Å²) in [6, 6.07) is 0.841. The van der Waals surface area contributed by atoms with Gasteiger partial charge < -0.3 is 9.80 Å². The average Bonchev–Trinajstić information content (AvgIpc) is 3.24. The highest BCUT2D eigenvalue weighted by Crippen LogP contribution is 2.36. The first-order chi connectivity index (χ1) is 13.7. The Balaban J connectivity index is 1.58. The molecule has 29 heavy (non-hydrogen) atoms. The number of carbonyl (C=O) groups is 2. The molecule has 156 valence electrons. The van der Waals surface area contributed by atoms with Crippen LogP contribution >= 0.6 is 23.2 Å². The van der Waals surface area contributed by atoms with E-state index in [1.807, 2.05) is 4.90 Å². The van der Waals surface area contributed by atoms with E-state index < -0.39 is 23.3 Å². The van der Waals surface area contributed by atoms with Gasteiger partial charge in [0.2, 0.25) is 5.91 Å².